The molecule has 0 bridgehead atoms. The summed E-state index contributed by atoms with van der Waals surface area (Å²) in [6.07, 6.45) is -14.4. The molecule has 3 aromatic rings. The van der Waals surface area contributed by atoms with Crippen molar-refractivity contribution in [3.05, 3.63) is 34.5 Å². The topological polar surface area (TPSA) is 238 Å². The van der Waals surface area contributed by atoms with Gasteiger partial charge < -0.3 is 69.0 Å². The zero-order valence-corrected chi connectivity index (χ0v) is 20.9. The molecule has 2 aromatic carbocycles. The number of ether oxygens (including phenoxy) is 5. The Hall–Kier alpha value is -3.25. The van der Waals surface area contributed by atoms with Gasteiger partial charge in [-0.3, -0.25) is 4.79 Å². The number of methoxy groups -OCH3 is 1. The second-order valence-electron chi connectivity index (χ2n) is 9.46. The molecule has 2 fully saturated rings. The van der Waals surface area contributed by atoms with Crippen LogP contribution in [0.1, 0.15) is 0 Å². The van der Waals surface area contributed by atoms with Crippen molar-refractivity contribution in [2.45, 2.75) is 55.3 Å². The third-order valence-electron chi connectivity index (χ3n) is 6.83. The Morgan fingerprint density at radius 1 is 0.875 bits per heavy atom. The summed E-state index contributed by atoms with van der Waals surface area (Å²) in [6, 6.07) is 4.77. The summed E-state index contributed by atoms with van der Waals surface area (Å²) in [5.41, 5.74) is -1.02. The smallest absolute Gasteiger partial charge is 0.229 e. The lowest BCUT2D eigenvalue weighted by Crippen LogP contribution is -2.61. The molecule has 1 aromatic heterocycles. The van der Waals surface area contributed by atoms with E-state index in [0.717, 1.165) is 12.1 Å². The fraction of sp³-hybridized carbons (Fsp3) is 0.480. The number of fused-ring (bicyclic) bond motifs is 2. The van der Waals surface area contributed by atoms with Gasteiger partial charge in [-0.25, -0.2) is 0 Å². The van der Waals surface area contributed by atoms with Crippen molar-refractivity contribution in [2.75, 3.05) is 20.3 Å². The van der Waals surface area contributed by atoms with Crippen molar-refractivity contribution in [1.82, 2.24) is 0 Å². The average Bonchev–Trinajstić information content (AvgIpc) is 2.92. The Kier molecular flexibility index (Phi) is 7.75. The summed E-state index contributed by atoms with van der Waals surface area (Å²) in [5, 5.41) is 81.0. The SMILES string of the molecule is COc1ccc(O)c2c(=O)c3c(O[C@@H]4O[C@H](CO[C@@H]5OC[C@@H](O)[C@H](O)[C@H]5O)[C@@H](O)[C@H](O)[C@H]4O)cc(O)cc3oc12. The largest absolute Gasteiger partial charge is 0.508 e. The van der Waals surface area contributed by atoms with Crippen molar-refractivity contribution < 1.29 is 69.0 Å². The highest BCUT2D eigenvalue weighted by molar-refractivity contribution is 5.98. The molecule has 0 spiro atoms. The van der Waals surface area contributed by atoms with Gasteiger partial charge in [0.1, 0.15) is 76.3 Å². The molecule has 2 aliphatic rings. The minimum Gasteiger partial charge on any atom is -0.508 e. The van der Waals surface area contributed by atoms with E-state index >= 15 is 0 Å². The van der Waals surface area contributed by atoms with E-state index in [2.05, 4.69) is 0 Å². The maximum Gasteiger partial charge on any atom is 0.229 e. The number of aliphatic hydroxyl groups is 6. The van der Waals surface area contributed by atoms with Crippen LogP contribution in [0.2, 0.25) is 0 Å². The van der Waals surface area contributed by atoms with Gasteiger partial charge in [0, 0.05) is 12.1 Å². The second kappa shape index (κ2) is 11.0. The molecule has 0 radical (unpaired) electrons. The van der Waals surface area contributed by atoms with Gasteiger partial charge in [0.05, 0.1) is 20.3 Å². The van der Waals surface area contributed by atoms with E-state index in [0.29, 0.717) is 0 Å². The maximum absolute atomic E-state index is 13.4. The zero-order valence-electron chi connectivity index (χ0n) is 20.9. The lowest BCUT2D eigenvalue weighted by atomic mass is 9.99. The Morgan fingerprint density at radius 2 is 1.60 bits per heavy atom. The van der Waals surface area contributed by atoms with E-state index in [1.54, 1.807) is 0 Å². The third-order valence-corrected chi connectivity index (χ3v) is 6.83. The van der Waals surface area contributed by atoms with Crippen LogP contribution in [-0.4, -0.2) is 116 Å². The number of rotatable bonds is 6. The van der Waals surface area contributed by atoms with E-state index in [4.69, 9.17) is 28.1 Å². The zero-order chi connectivity index (χ0) is 28.9. The highest BCUT2D eigenvalue weighted by Gasteiger charge is 2.46. The number of aliphatic hydroxyl groups excluding tert-OH is 6. The first kappa shape index (κ1) is 28.3. The average molecular weight is 568 g/mol. The van der Waals surface area contributed by atoms with E-state index in [-0.39, 0.29) is 40.0 Å². The van der Waals surface area contributed by atoms with Crippen LogP contribution in [0.4, 0.5) is 0 Å². The first-order chi connectivity index (χ1) is 19.0. The molecular weight excluding hydrogens is 540 g/mol. The third kappa shape index (κ3) is 4.91. The number of phenols is 2. The molecule has 15 heteroatoms. The van der Waals surface area contributed by atoms with Crippen LogP contribution in [0.3, 0.4) is 0 Å². The van der Waals surface area contributed by atoms with Crippen molar-refractivity contribution in [3.8, 4) is 23.0 Å². The first-order valence-electron chi connectivity index (χ1n) is 12.1. The molecular formula is C25H28O15. The van der Waals surface area contributed by atoms with E-state index in [1.807, 2.05) is 0 Å². The summed E-state index contributed by atoms with van der Waals surface area (Å²) in [5.74, 6) is -1.03. The van der Waals surface area contributed by atoms with Crippen LogP contribution in [0.5, 0.6) is 23.0 Å². The molecule has 0 saturated carbocycles. The molecule has 9 atom stereocenters. The summed E-state index contributed by atoms with van der Waals surface area (Å²) >= 11 is 0. The predicted molar refractivity (Wildman–Crippen MR) is 131 cm³/mol. The molecule has 0 amide bonds. The number of hydrogen-bond acceptors (Lipinski definition) is 15. The lowest BCUT2D eigenvalue weighted by Gasteiger charge is -2.41. The number of benzene rings is 2. The fourth-order valence-electron chi connectivity index (χ4n) is 4.64. The Morgan fingerprint density at radius 3 is 2.33 bits per heavy atom. The Bertz CT molecular complexity index is 1440. The van der Waals surface area contributed by atoms with Crippen LogP contribution in [0.15, 0.2) is 33.5 Å². The molecule has 218 valence electrons. The standard InChI is InChI=1S/C25H28O15/c1-35-11-3-2-9(27)15-19(31)16-12(38-23(11)15)4-8(26)5-13(16)39-25-22(34)20(32)18(30)14(40-25)7-37-24-21(33)17(29)10(28)6-36-24/h2-5,10,14,17-18,20-22,24-30,32-34H,6-7H2,1H3/t10-,14-,17+,18-,20+,21-,22-,24+,25-/m1/s1. The molecule has 5 rings (SSSR count). The van der Waals surface area contributed by atoms with E-state index in [1.165, 1.54) is 19.2 Å². The van der Waals surface area contributed by atoms with Gasteiger partial charge >= 0.3 is 0 Å². The predicted octanol–water partition coefficient (Wildman–Crippen LogP) is -1.99. The van der Waals surface area contributed by atoms with Crippen LogP contribution in [0.25, 0.3) is 21.9 Å². The van der Waals surface area contributed by atoms with Gasteiger partial charge in [0.2, 0.25) is 11.7 Å². The number of hydrogen-bond donors (Lipinski definition) is 8. The minimum atomic E-state index is -1.85. The van der Waals surface area contributed by atoms with Gasteiger partial charge in [-0.15, -0.1) is 0 Å². The van der Waals surface area contributed by atoms with Crippen molar-refractivity contribution in [3.63, 3.8) is 0 Å². The summed E-state index contributed by atoms with van der Waals surface area (Å²) in [4.78, 5) is 13.4. The van der Waals surface area contributed by atoms with Crippen LogP contribution in [0, 0.1) is 0 Å². The second-order valence-corrected chi connectivity index (χ2v) is 9.46. The number of phenolic OH excluding ortho intramolecular Hbond substituents is 2. The van der Waals surface area contributed by atoms with Crippen LogP contribution < -0.4 is 14.9 Å². The van der Waals surface area contributed by atoms with Crippen LogP contribution >= 0.6 is 0 Å². The van der Waals surface area contributed by atoms with Crippen molar-refractivity contribution in [2.24, 2.45) is 0 Å². The van der Waals surface area contributed by atoms with Gasteiger partial charge in [-0.1, -0.05) is 0 Å². The highest BCUT2D eigenvalue weighted by Crippen LogP contribution is 2.37. The minimum absolute atomic E-state index is 0.0917. The summed E-state index contributed by atoms with van der Waals surface area (Å²) < 4.78 is 32.7. The summed E-state index contributed by atoms with van der Waals surface area (Å²) in [6.45, 7) is -0.871. The Balaban J connectivity index is 1.45. The fourth-order valence-corrected chi connectivity index (χ4v) is 4.64. The van der Waals surface area contributed by atoms with E-state index < -0.39 is 78.8 Å². The number of aromatic hydroxyl groups is 2. The lowest BCUT2D eigenvalue weighted by molar-refractivity contribution is -0.307. The Labute approximate surface area is 224 Å². The molecule has 15 nitrogen and oxygen atoms in total. The van der Waals surface area contributed by atoms with Gasteiger partial charge in [-0.05, 0) is 12.1 Å². The van der Waals surface area contributed by atoms with Gasteiger partial charge in [0.25, 0.3) is 0 Å². The normalized spacial score (nSPS) is 32.8. The summed E-state index contributed by atoms with van der Waals surface area (Å²) in [7, 11) is 1.33. The molecule has 8 N–H and O–H groups in total. The molecule has 3 heterocycles. The molecule has 0 unspecified atom stereocenters. The van der Waals surface area contributed by atoms with Crippen molar-refractivity contribution >= 4 is 21.9 Å². The van der Waals surface area contributed by atoms with Gasteiger partial charge in [0.15, 0.2) is 17.6 Å². The van der Waals surface area contributed by atoms with Crippen molar-refractivity contribution in [1.29, 1.82) is 0 Å². The van der Waals surface area contributed by atoms with E-state index in [9.17, 15) is 45.6 Å². The molecule has 2 aliphatic heterocycles. The highest BCUT2D eigenvalue weighted by atomic mass is 16.7. The molecule has 2 saturated heterocycles. The quantitative estimate of drug-likeness (QED) is 0.150. The first-order valence-corrected chi connectivity index (χ1v) is 12.1. The molecule has 40 heavy (non-hydrogen) atoms. The monoisotopic (exact) mass is 568 g/mol. The molecule has 0 aliphatic carbocycles. The maximum atomic E-state index is 13.4. The van der Waals surface area contributed by atoms with Crippen LogP contribution in [-0.2, 0) is 14.2 Å². The van der Waals surface area contributed by atoms with Gasteiger partial charge in [-0.2, -0.15) is 0 Å².